The fourth-order valence-corrected chi connectivity index (χ4v) is 1.56. The smallest absolute Gasteiger partial charge is 0.138 e. The molecule has 1 heterocycles. The van der Waals surface area contributed by atoms with Gasteiger partial charge >= 0.3 is 0 Å². The summed E-state index contributed by atoms with van der Waals surface area (Å²) in [7, 11) is 2.07. The Morgan fingerprint density at radius 2 is 1.89 bits per heavy atom. The maximum Gasteiger partial charge on any atom is 0.138 e. The Bertz CT molecular complexity index is 407. The zero-order valence-corrected chi connectivity index (χ0v) is 13.4. The van der Waals surface area contributed by atoms with E-state index in [-0.39, 0.29) is 5.41 Å². The Balaban J connectivity index is 3.16. The zero-order valence-electron chi connectivity index (χ0n) is 13.4. The van der Waals surface area contributed by atoms with Crippen molar-refractivity contribution in [3.8, 4) is 0 Å². The predicted molar refractivity (Wildman–Crippen MR) is 83.1 cm³/mol. The van der Waals surface area contributed by atoms with Gasteiger partial charge in [0, 0.05) is 31.1 Å². The lowest BCUT2D eigenvalue weighted by Gasteiger charge is -2.26. The van der Waals surface area contributed by atoms with Crippen molar-refractivity contribution in [3.63, 3.8) is 0 Å². The molecule has 0 amide bonds. The first-order chi connectivity index (χ1) is 8.75. The molecule has 1 aromatic rings. The number of nitrogens with zero attached hydrogens (tertiary/aromatic N) is 3. The first-order valence-electron chi connectivity index (χ1n) is 7.12. The van der Waals surface area contributed by atoms with Crippen LogP contribution >= 0.6 is 0 Å². The number of hydrogen-bond acceptors (Lipinski definition) is 4. The molecular weight excluding hydrogens is 236 g/mol. The summed E-state index contributed by atoms with van der Waals surface area (Å²) in [6.07, 6.45) is 1.09. The van der Waals surface area contributed by atoms with E-state index >= 15 is 0 Å². The number of anilines is 2. The second kappa shape index (κ2) is 6.22. The normalized spacial score (nSPS) is 11.8. The van der Waals surface area contributed by atoms with E-state index in [0.717, 1.165) is 30.4 Å². The minimum Gasteiger partial charge on any atom is -0.370 e. The third kappa shape index (κ3) is 4.37. The van der Waals surface area contributed by atoms with Crippen LogP contribution in [0.25, 0.3) is 0 Å². The lowest BCUT2D eigenvalue weighted by Crippen LogP contribution is -2.28. The Hall–Kier alpha value is -1.32. The van der Waals surface area contributed by atoms with E-state index in [9.17, 15) is 0 Å². The highest BCUT2D eigenvalue weighted by Crippen LogP contribution is 2.24. The van der Waals surface area contributed by atoms with Crippen LogP contribution in [0.15, 0.2) is 6.07 Å². The van der Waals surface area contributed by atoms with Crippen LogP contribution in [0.4, 0.5) is 11.6 Å². The molecule has 0 spiro atoms. The van der Waals surface area contributed by atoms with E-state index in [0.29, 0.717) is 6.04 Å². The van der Waals surface area contributed by atoms with Crippen molar-refractivity contribution in [2.45, 2.75) is 59.4 Å². The molecule has 0 aromatic carbocycles. The maximum absolute atomic E-state index is 4.71. The number of hydrogen-bond donors (Lipinski definition) is 1. The molecule has 0 radical (unpaired) electrons. The molecule has 0 aliphatic carbocycles. The van der Waals surface area contributed by atoms with Gasteiger partial charge in [-0.15, -0.1) is 0 Å². The van der Waals surface area contributed by atoms with Crippen LogP contribution in [0, 0.1) is 0 Å². The molecule has 4 heteroatoms. The highest BCUT2D eigenvalue weighted by molar-refractivity contribution is 5.50. The lowest BCUT2D eigenvalue weighted by molar-refractivity contribution is 0.544. The van der Waals surface area contributed by atoms with E-state index in [4.69, 9.17) is 4.98 Å². The molecule has 0 saturated carbocycles. The molecule has 0 atom stereocenters. The fourth-order valence-electron chi connectivity index (χ4n) is 1.56. The summed E-state index contributed by atoms with van der Waals surface area (Å²) >= 11 is 0. The maximum atomic E-state index is 4.71. The van der Waals surface area contributed by atoms with Gasteiger partial charge in [0.05, 0.1) is 0 Å². The summed E-state index contributed by atoms with van der Waals surface area (Å²) in [5, 5.41) is 3.36. The molecule has 0 fully saturated rings. The van der Waals surface area contributed by atoms with Gasteiger partial charge in [0.1, 0.15) is 17.5 Å². The summed E-state index contributed by atoms with van der Waals surface area (Å²) in [6.45, 7) is 13.8. The van der Waals surface area contributed by atoms with E-state index < -0.39 is 0 Å². The van der Waals surface area contributed by atoms with Gasteiger partial charge in [-0.05, 0) is 20.3 Å². The molecule has 0 saturated heterocycles. The second-order valence-corrected chi connectivity index (χ2v) is 6.32. The van der Waals surface area contributed by atoms with E-state index in [2.05, 4.69) is 63.8 Å². The van der Waals surface area contributed by atoms with Gasteiger partial charge < -0.3 is 10.2 Å². The molecule has 108 valence electrons. The van der Waals surface area contributed by atoms with Crippen molar-refractivity contribution in [1.29, 1.82) is 0 Å². The summed E-state index contributed by atoms with van der Waals surface area (Å²) in [4.78, 5) is 11.5. The van der Waals surface area contributed by atoms with Gasteiger partial charge in [-0.3, -0.25) is 0 Å². The summed E-state index contributed by atoms with van der Waals surface area (Å²) < 4.78 is 0. The molecular formula is C15H28N4. The van der Waals surface area contributed by atoms with Crippen LogP contribution in [0.5, 0.6) is 0 Å². The molecule has 1 N–H and O–H groups in total. The summed E-state index contributed by atoms with van der Waals surface area (Å²) in [6, 6.07) is 2.45. The predicted octanol–water partition coefficient (Wildman–Crippen LogP) is 3.44. The first kappa shape index (κ1) is 15.7. The van der Waals surface area contributed by atoms with Crippen LogP contribution in [-0.4, -0.2) is 29.6 Å². The van der Waals surface area contributed by atoms with Crippen LogP contribution in [0.2, 0.25) is 0 Å². The van der Waals surface area contributed by atoms with Gasteiger partial charge in [-0.2, -0.15) is 0 Å². The quantitative estimate of drug-likeness (QED) is 0.884. The topological polar surface area (TPSA) is 41.0 Å². The summed E-state index contributed by atoms with van der Waals surface area (Å²) in [5.41, 5.74) is -0.0452. The van der Waals surface area contributed by atoms with Gasteiger partial charge in [0.2, 0.25) is 0 Å². The Kier molecular flexibility index (Phi) is 5.15. The van der Waals surface area contributed by atoms with Crippen molar-refractivity contribution in [1.82, 2.24) is 9.97 Å². The average Bonchev–Trinajstić information content (AvgIpc) is 2.33. The van der Waals surface area contributed by atoms with E-state index in [1.165, 1.54) is 0 Å². The molecule has 4 nitrogen and oxygen atoms in total. The number of nitrogens with one attached hydrogen (secondary N) is 1. The van der Waals surface area contributed by atoms with Crippen molar-refractivity contribution >= 4 is 11.6 Å². The molecule has 1 aromatic heterocycles. The Labute approximate surface area is 117 Å². The highest BCUT2D eigenvalue weighted by atomic mass is 15.2. The van der Waals surface area contributed by atoms with Crippen molar-refractivity contribution in [3.05, 3.63) is 11.9 Å². The van der Waals surface area contributed by atoms with Gasteiger partial charge in [-0.25, -0.2) is 9.97 Å². The van der Waals surface area contributed by atoms with Gasteiger partial charge in [0.25, 0.3) is 0 Å². The van der Waals surface area contributed by atoms with Crippen molar-refractivity contribution in [2.24, 2.45) is 0 Å². The Morgan fingerprint density at radius 1 is 1.26 bits per heavy atom. The molecule has 0 unspecified atom stereocenters. The van der Waals surface area contributed by atoms with E-state index in [1.807, 2.05) is 6.07 Å². The fraction of sp³-hybridized carbons (Fsp3) is 0.733. The number of rotatable bonds is 5. The number of aromatic nitrogens is 2. The zero-order chi connectivity index (χ0) is 14.6. The third-order valence-corrected chi connectivity index (χ3v) is 3.08. The second-order valence-electron chi connectivity index (χ2n) is 6.32. The van der Waals surface area contributed by atoms with Crippen LogP contribution in [0.3, 0.4) is 0 Å². The average molecular weight is 264 g/mol. The molecule has 19 heavy (non-hydrogen) atoms. The minimum atomic E-state index is -0.0452. The minimum absolute atomic E-state index is 0.0452. The third-order valence-electron chi connectivity index (χ3n) is 3.08. The standard InChI is InChI=1S/C15H28N4/c1-8-9-16-12-10-13(19(7)11(2)3)18-14(17-12)15(4,5)6/h10-11H,8-9H2,1-7H3,(H,16,17,18). The van der Waals surface area contributed by atoms with Crippen molar-refractivity contribution < 1.29 is 0 Å². The lowest BCUT2D eigenvalue weighted by atomic mass is 9.96. The SMILES string of the molecule is CCCNc1cc(N(C)C(C)C)nc(C(C)(C)C)n1. The van der Waals surface area contributed by atoms with Crippen molar-refractivity contribution in [2.75, 3.05) is 23.8 Å². The van der Waals surface area contributed by atoms with Gasteiger partial charge in [-0.1, -0.05) is 27.7 Å². The highest BCUT2D eigenvalue weighted by Gasteiger charge is 2.20. The molecule has 0 aliphatic heterocycles. The van der Waals surface area contributed by atoms with Gasteiger partial charge in [0.15, 0.2) is 0 Å². The largest absolute Gasteiger partial charge is 0.370 e. The molecule has 0 aliphatic rings. The first-order valence-corrected chi connectivity index (χ1v) is 7.12. The van der Waals surface area contributed by atoms with Crippen LogP contribution in [-0.2, 0) is 5.41 Å². The van der Waals surface area contributed by atoms with Crippen LogP contribution in [0.1, 0.15) is 53.8 Å². The van der Waals surface area contributed by atoms with E-state index in [1.54, 1.807) is 0 Å². The molecule has 1 rings (SSSR count). The monoisotopic (exact) mass is 264 g/mol. The molecule has 0 bridgehead atoms. The summed E-state index contributed by atoms with van der Waals surface area (Å²) in [5.74, 6) is 2.79. The van der Waals surface area contributed by atoms with Crippen LogP contribution < -0.4 is 10.2 Å². The Morgan fingerprint density at radius 3 is 2.37 bits per heavy atom.